The number of carbonyl (C=O) groups is 1. The molecule has 1 atom stereocenters. The van der Waals surface area contributed by atoms with Crippen LogP contribution in [0.25, 0.3) is 11.8 Å². The lowest BCUT2D eigenvalue weighted by Crippen LogP contribution is -2.40. The summed E-state index contributed by atoms with van der Waals surface area (Å²) in [5.74, 6) is 0.253. The molecule has 0 fully saturated rings. The van der Waals surface area contributed by atoms with Crippen molar-refractivity contribution in [2.75, 3.05) is 20.8 Å². The molecule has 0 aliphatic carbocycles. The second kappa shape index (κ2) is 11.0. The topological polar surface area (TPSA) is 99.4 Å². The molecule has 39 heavy (non-hydrogen) atoms. The third kappa shape index (κ3) is 4.84. The summed E-state index contributed by atoms with van der Waals surface area (Å²) in [5.41, 5.74) is 2.38. The number of ether oxygens (including phenoxy) is 3. The minimum Gasteiger partial charge on any atom is -0.504 e. The molecular formula is C30H26N2O6S. The number of thiazole rings is 1. The lowest BCUT2D eigenvalue weighted by Gasteiger charge is -2.27. The smallest absolute Gasteiger partial charge is 0.338 e. The van der Waals surface area contributed by atoms with Gasteiger partial charge in [0.2, 0.25) is 0 Å². The van der Waals surface area contributed by atoms with E-state index in [2.05, 4.69) is 0 Å². The van der Waals surface area contributed by atoms with Gasteiger partial charge in [-0.2, -0.15) is 0 Å². The Hall–Kier alpha value is -4.63. The van der Waals surface area contributed by atoms with E-state index in [0.717, 1.165) is 5.56 Å². The number of phenols is 1. The monoisotopic (exact) mass is 542 g/mol. The molecule has 9 heteroatoms. The van der Waals surface area contributed by atoms with E-state index in [0.29, 0.717) is 37.7 Å². The lowest BCUT2D eigenvalue weighted by molar-refractivity contribution is -0.138. The van der Waals surface area contributed by atoms with Gasteiger partial charge < -0.3 is 19.3 Å². The summed E-state index contributed by atoms with van der Waals surface area (Å²) < 4.78 is 18.3. The molecule has 1 aliphatic heterocycles. The predicted octanol–water partition coefficient (Wildman–Crippen LogP) is 3.66. The maximum atomic E-state index is 14.0. The zero-order valence-electron chi connectivity index (χ0n) is 21.6. The van der Waals surface area contributed by atoms with E-state index in [1.165, 1.54) is 29.1 Å². The zero-order chi connectivity index (χ0) is 27.5. The van der Waals surface area contributed by atoms with Gasteiger partial charge in [0.05, 0.1) is 36.6 Å². The fourth-order valence-electron chi connectivity index (χ4n) is 4.56. The largest absolute Gasteiger partial charge is 0.504 e. The van der Waals surface area contributed by atoms with Crippen LogP contribution in [-0.2, 0) is 9.53 Å². The first-order valence-electron chi connectivity index (χ1n) is 12.2. The van der Waals surface area contributed by atoms with Crippen molar-refractivity contribution in [3.63, 3.8) is 0 Å². The Bertz CT molecular complexity index is 1750. The third-order valence-corrected chi connectivity index (χ3v) is 7.29. The number of hydrogen-bond acceptors (Lipinski definition) is 8. The number of aromatic hydroxyl groups is 1. The Kier molecular flexibility index (Phi) is 7.33. The highest BCUT2D eigenvalue weighted by Gasteiger charge is 2.36. The van der Waals surface area contributed by atoms with Crippen LogP contribution in [0.1, 0.15) is 29.7 Å². The quantitative estimate of drug-likeness (QED) is 0.358. The molecule has 198 valence electrons. The Morgan fingerprint density at radius 3 is 2.46 bits per heavy atom. The first-order chi connectivity index (χ1) is 19.0. The van der Waals surface area contributed by atoms with Gasteiger partial charge in [0.1, 0.15) is 11.8 Å². The summed E-state index contributed by atoms with van der Waals surface area (Å²) in [4.78, 5) is 32.8. The molecule has 0 spiro atoms. The number of benzene rings is 3. The number of carbonyl (C=O) groups excluding carboxylic acids is 1. The molecule has 0 amide bonds. The van der Waals surface area contributed by atoms with E-state index in [1.54, 1.807) is 38.3 Å². The van der Waals surface area contributed by atoms with E-state index in [1.807, 2.05) is 48.5 Å². The van der Waals surface area contributed by atoms with Crippen LogP contribution in [0.3, 0.4) is 0 Å². The second-order valence-corrected chi connectivity index (χ2v) is 9.61. The molecule has 0 saturated carbocycles. The average Bonchev–Trinajstić information content (AvgIpc) is 3.27. The first kappa shape index (κ1) is 26.0. The number of aromatic nitrogens is 1. The van der Waals surface area contributed by atoms with Gasteiger partial charge in [0.15, 0.2) is 16.3 Å². The zero-order valence-corrected chi connectivity index (χ0v) is 22.4. The molecule has 5 rings (SSSR count). The van der Waals surface area contributed by atoms with Crippen LogP contribution in [0.2, 0.25) is 0 Å². The summed E-state index contributed by atoms with van der Waals surface area (Å²) in [5, 5.41) is 9.98. The SMILES string of the molecule is CCOC(=O)C1=C(c2ccccc2)N=c2s/c(=C\c3ccc(O)c(OC)c3)c(=O)n2[C@H]1c1ccccc1OC. The molecule has 1 N–H and O–H groups in total. The van der Waals surface area contributed by atoms with Gasteiger partial charge in [0, 0.05) is 11.1 Å². The van der Waals surface area contributed by atoms with E-state index in [4.69, 9.17) is 19.2 Å². The predicted molar refractivity (Wildman–Crippen MR) is 149 cm³/mol. The van der Waals surface area contributed by atoms with Gasteiger partial charge >= 0.3 is 5.97 Å². The highest BCUT2D eigenvalue weighted by molar-refractivity contribution is 7.07. The fourth-order valence-corrected chi connectivity index (χ4v) is 5.56. The van der Waals surface area contributed by atoms with Gasteiger partial charge in [-0.3, -0.25) is 9.36 Å². The van der Waals surface area contributed by atoms with Crippen molar-refractivity contribution in [3.05, 3.63) is 115 Å². The molecule has 2 heterocycles. The molecule has 3 aromatic carbocycles. The third-order valence-electron chi connectivity index (χ3n) is 6.31. The molecule has 0 radical (unpaired) electrons. The minimum absolute atomic E-state index is 0.00105. The van der Waals surface area contributed by atoms with Crippen molar-refractivity contribution >= 4 is 29.1 Å². The first-order valence-corrected chi connectivity index (χ1v) is 13.1. The van der Waals surface area contributed by atoms with Gasteiger partial charge in [-0.25, -0.2) is 9.79 Å². The normalized spacial score (nSPS) is 14.9. The molecule has 4 aromatic rings. The number of phenolic OH excluding ortho intramolecular Hbond substituents is 1. The van der Waals surface area contributed by atoms with Gasteiger partial charge in [0.25, 0.3) is 5.56 Å². The fraction of sp³-hybridized carbons (Fsp3) is 0.167. The maximum absolute atomic E-state index is 14.0. The van der Waals surface area contributed by atoms with Gasteiger partial charge in [-0.1, -0.05) is 65.9 Å². The standard InChI is InChI=1S/C30H26N2O6S/c1-4-38-29(35)25-26(19-10-6-5-7-11-19)31-30-32(27(25)20-12-8-9-13-22(20)36-2)28(34)24(39-30)17-18-14-15-21(33)23(16-18)37-3/h5-17,27,33H,4H2,1-3H3/b24-17-/t27-/m0/s1. The highest BCUT2D eigenvalue weighted by atomic mass is 32.1. The van der Waals surface area contributed by atoms with Crippen molar-refractivity contribution in [3.8, 4) is 17.2 Å². The van der Waals surface area contributed by atoms with Crippen molar-refractivity contribution in [2.45, 2.75) is 13.0 Å². The van der Waals surface area contributed by atoms with E-state index in [9.17, 15) is 14.7 Å². The molecule has 8 nitrogen and oxygen atoms in total. The second-order valence-electron chi connectivity index (χ2n) is 8.60. The Morgan fingerprint density at radius 2 is 1.74 bits per heavy atom. The molecule has 0 bridgehead atoms. The lowest BCUT2D eigenvalue weighted by atomic mass is 9.92. The summed E-state index contributed by atoms with van der Waals surface area (Å²) in [6.45, 7) is 1.90. The Morgan fingerprint density at radius 1 is 1.03 bits per heavy atom. The number of rotatable bonds is 7. The Labute approximate surface area is 228 Å². The van der Waals surface area contributed by atoms with Crippen molar-refractivity contribution in [2.24, 2.45) is 4.99 Å². The van der Waals surface area contributed by atoms with Crippen LogP contribution in [0.5, 0.6) is 17.2 Å². The molecule has 1 aliphatic rings. The number of methoxy groups -OCH3 is 2. The van der Waals surface area contributed by atoms with Crippen LogP contribution < -0.4 is 24.4 Å². The molecular weight excluding hydrogens is 516 g/mol. The number of para-hydroxylation sites is 1. The van der Waals surface area contributed by atoms with Crippen molar-refractivity contribution < 1.29 is 24.1 Å². The van der Waals surface area contributed by atoms with Crippen LogP contribution in [0.4, 0.5) is 0 Å². The van der Waals surface area contributed by atoms with Crippen LogP contribution in [0, 0.1) is 0 Å². The van der Waals surface area contributed by atoms with Gasteiger partial charge in [-0.05, 0) is 36.8 Å². The van der Waals surface area contributed by atoms with Crippen LogP contribution >= 0.6 is 11.3 Å². The molecule has 0 saturated heterocycles. The Balaban J connectivity index is 1.84. The number of nitrogens with zero attached hydrogens (tertiary/aromatic N) is 2. The van der Waals surface area contributed by atoms with E-state index >= 15 is 0 Å². The summed E-state index contributed by atoms with van der Waals surface area (Å²) in [6.07, 6.45) is 1.71. The maximum Gasteiger partial charge on any atom is 0.338 e. The summed E-state index contributed by atoms with van der Waals surface area (Å²) in [7, 11) is 3.01. The minimum atomic E-state index is -0.844. The summed E-state index contributed by atoms with van der Waals surface area (Å²) >= 11 is 1.21. The van der Waals surface area contributed by atoms with Gasteiger partial charge in [-0.15, -0.1) is 0 Å². The van der Waals surface area contributed by atoms with Crippen LogP contribution in [0.15, 0.2) is 88.2 Å². The summed E-state index contributed by atoms with van der Waals surface area (Å²) in [6, 6.07) is 20.6. The van der Waals surface area contributed by atoms with Crippen molar-refractivity contribution in [1.29, 1.82) is 0 Å². The molecule has 0 unspecified atom stereocenters. The van der Waals surface area contributed by atoms with E-state index < -0.39 is 12.0 Å². The van der Waals surface area contributed by atoms with Crippen LogP contribution in [-0.4, -0.2) is 36.5 Å². The highest BCUT2D eigenvalue weighted by Crippen LogP contribution is 2.38. The number of esters is 1. The van der Waals surface area contributed by atoms with Crippen molar-refractivity contribution in [1.82, 2.24) is 4.57 Å². The number of fused-ring (bicyclic) bond motifs is 1. The molecule has 1 aromatic heterocycles. The van der Waals surface area contributed by atoms with E-state index in [-0.39, 0.29) is 23.5 Å². The average molecular weight is 543 g/mol. The number of hydrogen-bond donors (Lipinski definition) is 1.